The maximum Gasteiger partial charge on any atom is 0.313 e. The monoisotopic (exact) mass is 377 g/mol. The summed E-state index contributed by atoms with van der Waals surface area (Å²) in [5.41, 5.74) is 0.394. The Morgan fingerprint density at radius 2 is 1.88 bits per heavy atom. The van der Waals surface area contributed by atoms with Gasteiger partial charge in [0.25, 0.3) is 0 Å². The first kappa shape index (κ1) is 18.4. The number of furan rings is 1. The van der Waals surface area contributed by atoms with Crippen LogP contribution in [0.15, 0.2) is 47.1 Å². The fourth-order valence-corrected chi connectivity index (χ4v) is 2.97. The van der Waals surface area contributed by atoms with Crippen molar-refractivity contribution in [3.63, 3.8) is 0 Å². The fourth-order valence-electron chi connectivity index (χ4n) is 2.79. The number of carbonyl (C=O) groups is 2. The third-order valence-corrected chi connectivity index (χ3v) is 4.47. The van der Waals surface area contributed by atoms with Crippen LogP contribution in [0.1, 0.15) is 11.8 Å². The number of halogens is 1. The molecular weight excluding hydrogens is 358 g/mol. The third kappa shape index (κ3) is 4.63. The number of nitrogens with one attached hydrogen (secondary N) is 2. The average molecular weight is 378 g/mol. The SMILES string of the molecule is O=C(NCC(c1ccco1)N1CCOCC1)C(=O)Nc1ccccc1Cl. The van der Waals surface area contributed by atoms with Crippen LogP contribution in [0.4, 0.5) is 5.69 Å². The summed E-state index contributed by atoms with van der Waals surface area (Å²) < 4.78 is 10.9. The maximum absolute atomic E-state index is 12.2. The molecular formula is C18H20ClN3O4. The Morgan fingerprint density at radius 1 is 1.12 bits per heavy atom. The lowest BCUT2D eigenvalue weighted by molar-refractivity contribution is -0.136. The molecule has 1 atom stereocenters. The summed E-state index contributed by atoms with van der Waals surface area (Å²) >= 11 is 5.99. The number of morpholine rings is 1. The number of hydrogen-bond acceptors (Lipinski definition) is 5. The van der Waals surface area contributed by atoms with E-state index < -0.39 is 11.8 Å². The molecule has 0 bridgehead atoms. The van der Waals surface area contributed by atoms with Crippen LogP contribution in [0, 0.1) is 0 Å². The van der Waals surface area contributed by atoms with E-state index in [0.717, 1.165) is 18.8 Å². The Labute approximate surface area is 156 Å². The van der Waals surface area contributed by atoms with Gasteiger partial charge in [0.2, 0.25) is 0 Å². The normalized spacial score (nSPS) is 16.0. The number of hydrogen-bond donors (Lipinski definition) is 2. The summed E-state index contributed by atoms with van der Waals surface area (Å²) in [5, 5.41) is 5.55. The van der Waals surface area contributed by atoms with Gasteiger partial charge in [-0.2, -0.15) is 0 Å². The van der Waals surface area contributed by atoms with Gasteiger partial charge in [-0.3, -0.25) is 14.5 Å². The van der Waals surface area contributed by atoms with Crippen molar-refractivity contribution in [3.8, 4) is 0 Å². The molecule has 3 rings (SSSR count). The minimum atomic E-state index is -0.765. The summed E-state index contributed by atoms with van der Waals surface area (Å²) in [6.45, 7) is 2.96. The van der Waals surface area contributed by atoms with E-state index in [4.69, 9.17) is 20.8 Å². The lowest BCUT2D eigenvalue weighted by atomic mass is 10.1. The quantitative estimate of drug-likeness (QED) is 0.779. The summed E-state index contributed by atoms with van der Waals surface area (Å²) in [6, 6.07) is 10.2. The largest absolute Gasteiger partial charge is 0.468 e. The van der Waals surface area contributed by atoms with Crippen LogP contribution < -0.4 is 10.6 Å². The van der Waals surface area contributed by atoms with Gasteiger partial charge in [-0.25, -0.2) is 0 Å². The molecule has 1 unspecified atom stereocenters. The van der Waals surface area contributed by atoms with E-state index in [1.54, 1.807) is 36.6 Å². The van der Waals surface area contributed by atoms with E-state index >= 15 is 0 Å². The molecule has 2 amide bonds. The zero-order chi connectivity index (χ0) is 18.4. The number of nitrogens with zero attached hydrogens (tertiary/aromatic N) is 1. The second-order valence-electron chi connectivity index (χ2n) is 5.82. The van der Waals surface area contributed by atoms with Gasteiger partial charge < -0.3 is 19.8 Å². The van der Waals surface area contributed by atoms with Crippen LogP contribution >= 0.6 is 11.6 Å². The molecule has 2 heterocycles. The lowest BCUT2D eigenvalue weighted by Gasteiger charge is -2.33. The summed E-state index contributed by atoms with van der Waals surface area (Å²) in [7, 11) is 0. The van der Waals surface area contributed by atoms with Crippen LogP contribution in [0.5, 0.6) is 0 Å². The summed E-state index contributed by atoms with van der Waals surface area (Å²) in [5.74, 6) is -0.758. The topological polar surface area (TPSA) is 83.8 Å². The molecule has 2 N–H and O–H groups in total. The van der Waals surface area contributed by atoms with E-state index in [9.17, 15) is 9.59 Å². The number of carbonyl (C=O) groups excluding carboxylic acids is 2. The van der Waals surface area contributed by atoms with Gasteiger partial charge in [0.15, 0.2) is 0 Å². The second-order valence-corrected chi connectivity index (χ2v) is 6.23. The zero-order valence-corrected chi connectivity index (χ0v) is 14.9. The lowest BCUT2D eigenvalue weighted by Crippen LogP contribution is -2.45. The molecule has 26 heavy (non-hydrogen) atoms. The van der Waals surface area contributed by atoms with Crippen molar-refractivity contribution < 1.29 is 18.7 Å². The molecule has 2 aromatic rings. The highest BCUT2D eigenvalue weighted by atomic mass is 35.5. The number of amides is 2. The summed E-state index contributed by atoms with van der Waals surface area (Å²) in [4.78, 5) is 26.4. The predicted octanol–water partition coefficient (Wildman–Crippen LogP) is 2.06. The van der Waals surface area contributed by atoms with E-state index in [0.29, 0.717) is 23.9 Å². The average Bonchev–Trinajstić information content (AvgIpc) is 3.19. The molecule has 0 spiro atoms. The Kier molecular flexibility index (Phi) is 6.27. The standard InChI is InChI=1S/C18H20ClN3O4/c19-13-4-1-2-5-14(13)21-18(24)17(23)20-12-15(16-6-3-9-26-16)22-7-10-25-11-8-22/h1-6,9,15H,7-8,10-12H2,(H,20,23)(H,21,24). The molecule has 0 aliphatic carbocycles. The van der Waals surface area contributed by atoms with Crippen molar-refractivity contribution in [1.82, 2.24) is 10.2 Å². The van der Waals surface area contributed by atoms with Crippen molar-refractivity contribution in [1.29, 1.82) is 0 Å². The molecule has 8 heteroatoms. The number of rotatable bonds is 5. The summed E-state index contributed by atoms with van der Waals surface area (Å²) in [6.07, 6.45) is 1.59. The van der Waals surface area contributed by atoms with E-state index in [1.165, 1.54) is 0 Å². The molecule has 1 fully saturated rings. The molecule has 7 nitrogen and oxygen atoms in total. The minimum Gasteiger partial charge on any atom is -0.468 e. The highest BCUT2D eigenvalue weighted by Crippen LogP contribution is 2.22. The molecule has 1 saturated heterocycles. The van der Waals surface area contributed by atoms with Gasteiger partial charge in [0.1, 0.15) is 5.76 Å². The van der Waals surface area contributed by atoms with Crippen molar-refractivity contribution in [2.45, 2.75) is 6.04 Å². The molecule has 0 saturated carbocycles. The Morgan fingerprint density at radius 3 is 2.58 bits per heavy atom. The van der Waals surface area contributed by atoms with Crippen LogP contribution in [-0.4, -0.2) is 49.6 Å². The number of anilines is 1. The van der Waals surface area contributed by atoms with Gasteiger partial charge >= 0.3 is 11.8 Å². The Hall–Kier alpha value is -2.35. The molecule has 1 aromatic carbocycles. The first-order chi connectivity index (χ1) is 12.6. The molecule has 0 radical (unpaired) electrons. The first-order valence-electron chi connectivity index (χ1n) is 8.34. The fraction of sp³-hybridized carbons (Fsp3) is 0.333. The van der Waals surface area contributed by atoms with Crippen LogP contribution in [0.25, 0.3) is 0 Å². The van der Waals surface area contributed by atoms with E-state index in [2.05, 4.69) is 15.5 Å². The van der Waals surface area contributed by atoms with Gasteiger partial charge in [0.05, 0.1) is 36.2 Å². The first-order valence-corrected chi connectivity index (χ1v) is 8.72. The van der Waals surface area contributed by atoms with Crippen LogP contribution in [-0.2, 0) is 14.3 Å². The number of para-hydroxylation sites is 1. The van der Waals surface area contributed by atoms with Gasteiger partial charge in [-0.15, -0.1) is 0 Å². The van der Waals surface area contributed by atoms with Crippen molar-refractivity contribution in [3.05, 3.63) is 53.4 Å². The number of ether oxygens (including phenoxy) is 1. The van der Waals surface area contributed by atoms with E-state index in [1.807, 2.05) is 6.07 Å². The predicted molar refractivity (Wildman–Crippen MR) is 96.9 cm³/mol. The molecule has 1 aliphatic heterocycles. The van der Waals surface area contributed by atoms with Crippen molar-refractivity contribution >= 4 is 29.1 Å². The van der Waals surface area contributed by atoms with Crippen LogP contribution in [0.2, 0.25) is 5.02 Å². The third-order valence-electron chi connectivity index (χ3n) is 4.14. The van der Waals surface area contributed by atoms with Crippen LogP contribution in [0.3, 0.4) is 0 Å². The smallest absolute Gasteiger partial charge is 0.313 e. The molecule has 1 aromatic heterocycles. The highest BCUT2D eigenvalue weighted by molar-refractivity contribution is 6.41. The van der Waals surface area contributed by atoms with Crippen molar-refractivity contribution in [2.75, 3.05) is 38.2 Å². The van der Waals surface area contributed by atoms with Gasteiger partial charge in [-0.05, 0) is 24.3 Å². The highest BCUT2D eigenvalue weighted by Gasteiger charge is 2.26. The minimum absolute atomic E-state index is 0.161. The second kappa shape index (κ2) is 8.84. The number of benzene rings is 1. The Balaban J connectivity index is 1.60. The zero-order valence-electron chi connectivity index (χ0n) is 14.1. The van der Waals surface area contributed by atoms with Crippen molar-refractivity contribution in [2.24, 2.45) is 0 Å². The molecule has 138 valence electrons. The van der Waals surface area contributed by atoms with Gasteiger partial charge in [0, 0.05) is 19.6 Å². The van der Waals surface area contributed by atoms with Gasteiger partial charge in [-0.1, -0.05) is 23.7 Å². The van der Waals surface area contributed by atoms with E-state index in [-0.39, 0.29) is 12.6 Å². The maximum atomic E-state index is 12.2. The molecule has 1 aliphatic rings. The Bertz CT molecular complexity index is 745.